The lowest BCUT2D eigenvalue weighted by Crippen LogP contribution is -2.43. The number of amides is 1. The zero-order valence-electron chi connectivity index (χ0n) is 13.1. The summed E-state index contributed by atoms with van der Waals surface area (Å²) < 4.78 is 0. The summed E-state index contributed by atoms with van der Waals surface area (Å²) in [4.78, 5) is 12.5. The minimum Gasteiger partial charge on any atom is -0.348 e. The molecule has 114 valence electrons. The highest BCUT2D eigenvalue weighted by molar-refractivity contribution is 5.82. The molecule has 1 amide bonds. The first-order chi connectivity index (χ1) is 10.1. The van der Waals surface area contributed by atoms with Crippen molar-refractivity contribution in [2.45, 2.75) is 64.1 Å². The Morgan fingerprint density at radius 1 is 1.33 bits per heavy atom. The second-order valence-electron chi connectivity index (χ2n) is 6.75. The van der Waals surface area contributed by atoms with Crippen molar-refractivity contribution < 1.29 is 4.79 Å². The zero-order chi connectivity index (χ0) is 14.8. The van der Waals surface area contributed by atoms with Gasteiger partial charge in [0.15, 0.2) is 0 Å². The summed E-state index contributed by atoms with van der Waals surface area (Å²) in [5, 5.41) is 6.72. The summed E-state index contributed by atoms with van der Waals surface area (Å²) in [6, 6.07) is 9.01. The molecule has 0 spiro atoms. The molecule has 1 aliphatic carbocycles. The van der Waals surface area contributed by atoms with Crippen molar-refractivity contribution in [3.05, 3.63) is 35.4 Å². The summed E-state index contributed by atoms with van der Waals surface area (Å²) in [6.45, 7) is 4.15. The van der Waals surface area contributed by atoms with Gasteiger partial charge in [-0.15, -0.1) is 0 Å². The maximum Gasteiger partial charge on any atom is 0.237 e. The van der Waals surface area contributed by atoms with Gasteiger partial charge >= 0.3 is 0 Å². The average Bonchev–Trinajstić information content (AvgIpc) is 2.91. The van der Waals surface area contributed by atoms with Gasteiger partial charge < -0.3 is 10.6 Å². The van der Waals surface area contributed by atoms with E-state index in [4.69, 9.17) is 0 Å². The van der Waals surface area contributed by atoms with Crippen molar-refractivity contribution in [3.8, 4) is 0 Å². The van der Waals surface area contributed by atoms with E-state index in [0.29, 0.717) is 12.0 Å². The number of aryl methyl sites for hydroxylation is 1. The molecule has 4 atom stereocenters. The number of hydrogen-bond donors (Lipinski definition) is 2. The van der Waals surface area contributed by atoms with Crippen LogP contribution in [0.5, 0.6) is 0 Å². The molecular formula is C18H26N2O. The fraction of sp³-hybridized carbons (Fsp3) is 0.611. The Kier molecular flexibility index (Phi) is 4.29. The quantitative estimate of drug-likeness (QED) is 0.896. The first kappa shape index (κ1) is 14.6. The van der Waals surface area contributed by atoms with Crippen LogP contribution in [0.4, 0.5) is 0 Å². The highest BCUT2D eigenvalue weighted by Crippen LogP contribution is 2.33. The van der Waals surface area contributed by atoms with Crippen molar-refractivity contribution >= 4 is 5.91 Å². The van der Waals surface area contributed by atoms with E-state index in [-0.39, 0.29) is 18.0 Å². The topological polar surface area (TPSA) is 41.1 Å². The highest BCUT2D eigenvalue weighted by atomic mass is 16.2. The molecule has 1 heterocycles. The normalized spacial score (nSPS) is 29.7. The molecule has 3 unspecified atom stereocenters. The summed E-state index contributed by atoms with van der Waals surface area (Å²) in [7, 11) is 0. The van der Waals surface area contributed by atoms with E-state index in [1.54, 1.807) is 0 Å². The fourth-order valence-electron chi connectivity index (χ4n) is 3.86. The van der Waals surface area contributed by atoms with Crippen molar-refractivity contribution in [2.24, 2.45) is 5.92 Å². The number of carbonyl (C=O) groups is 1. The number of nitrogens with one attached hydrogen (secondary N) is 2. The Morgan fingerprint density at radius 3 is 2.90 bits per heavy atom. The van der Waals surface area contributed by atoms with E-state index in [0.717, 1.165) is 6.42 Å². The van der Waals surface area contributed by atoms with Crippen LogP contribution in [0.15, 0.2) is 24.3 Å². The standard InChI is InChI=1S/C18H26N2O/c1-12-6-5-8-14(10-12)13(2)19-18(21)17-11-15-7-3-4-9-16(15)20-17/h5-6,8,10,13,15-17,20H,3-4,7,9,11H2,1-2H3,(H,19,21)/t13-,15?,16?,17?/m0/s1. The van der Waals surface area contributed by atoms with Crippen LogP contribution in [0.25, 0.3) is 0 Å². The molecule has 3 heteroatoms. The van der Waals surface area contributed by atoms with Gasteiger partial charge in [-0.25, -0.2) is 0 Å². The summed E-state index contributed by atoms with van der Waals surface area (Å²) in [5.41, 5.74) is 2.41. The van der Waals surface area contributed by atoms with E-state index in [2.05, 4.69) is 48.7 Å². The fourth-order valence-corrected chi connectivity index (χ4v) is 3.86. The van der Waals surface area contributed by atoms with Gasteiger partial charge in [0.2, 0.25) is 5.91 Å². The number of benzene rings is 1. The minimum atomic E-state index is 0.00496. The third-order valence-electron chi connectivity index (χ3n) is 5.08. The first-order valence-electron chi connectivity index (χ1n) is 8.26. The molecule has 0 bridgehead atoms. The molecule has 3 nitrogen and oxygen atoms in total. The van der Waals surface area contributed by atoms with E-state index in [1.165, 1.54) is 36.8 Å². The first-order valence-corrected chi connectivity index (χ1v) is 8.26. The molecule has 2 aliphatic rings. The lowest BCUT2D eigenvalue weighted by molar-refractivity contribution is -0.123. The van der Waals surface area contributed by atoms with Gasteiger partial charge in [-0.3, -0.25) is 4.79 Å². The molecule has 1 saturated heterocycles. The molecule has 21 heavy (non-hydrogen) atoms. The Hall–Kier alpha value is -1.35. The molecule has 1 aliphatic heterocycles. The van der Waals surface area contributed by atoms with Crippen LogP contribution in [0.3, 0.4) is 0 Å². The Balaban J connectivity index is 1.59. The molecule has 1 aromatic carbocycles. The number of rotatable bonds is 3. The Bertz CT molecular complexity index is 500. The zero-order valence-corrected chi connectivity index (χ0v) is 13.1. The number of fused-ring (bicyclic) bond motifs is 1. The Morgan fingerprint density at radius 2 is 2.14 bits per heavy atom. The van der Waals surface area contributed by atoms with Gasteiger partial charge in [-0.2, -0.15) is 0 Å². The number of hydrogen-bond acceptors (Lipinski definition) is 2. The molecule has 2 N–H and O–H groups in total. The predicted molar refractivity (Wildman–Crippen MR) is 85.0 cm³/mol. The van der Waals surface area contributed by atoms with Crippen molar-refractivity contribution in [2.75, 3.05) is 0 Å². The van der Waals surface area contributed by atoms with E-state index >= 15 is 0 Å². The van der Waals surface area contributed by atoms with Crippen LogP contribution < -0.4 is 10.6 Å². The third kappa shape index (κ3) is 3.29. The van der Waals surface area contributed by atoms with Crippen molar-refractivity contribution in [1.29, 1.82) is 0 Å². The van der Waals surface area contributed by atoms with Gasteiger partial charge in [-0.05, 0) is 44.6 Å². The van der Waals surface area contributed by atoms with Gasteiger partial charge in [0.1, 0.15) is 0 Å². The summed E-state index contributed by atoms with van der Waals surface area (Å²) in [5.74, 6) is 0.877. The molecule has 1 saturated carbocycles. The predicted octanol–water partition coefficient (Wildman–Crippen LogP) is 3.09. The second kappa shape index (κ2) is 6.18. The van der Waals surface area contributed by atoms with Gasteiger partial charge in [-0.1, -0.05) is 42.7 Å². The maximum absolute atomic E-state index is 12.5. The van der Waals surface area contributed by atoms with Crippen LogP contribution in [-0.2, 0) is 4.79 Å². The van der Waals surface area contributed by atoms with E-state index < -0.39 is 0 Å². The van der Waals surface area contributed by atoms with Gasteiger partial charge in [0.25, 0.3) is 0 Å². The molecule has 3 rings (SSSR count). The highest BCUT2D eigenvalue weighted by Gasteiger charge is 2.38. The van der Waals surface area contributed by atoms with Crippen LogP contribution >= 0.6 is 0 Å². The van der Waals surface area contributed by atoms with E-state index in [9.17, 15) is 4.79 Å². The molecule has 0 radical (unpaired) electrons. The monoisotopic (exact) mass is 286 g/mol. The van der Waals surface area contributed by atoms with Crippen LogP contribution in [-0.4, -0.2) is 18.0 Å². The van der Waals surface area contributed by atoms with Crippen molar-refractivity contribution in [1.82, 2.24) is 10.6 Å². The maximum atomic E-state index is 12.5. The number of carbonyl (C=O) groups excluding carboxylic acids is 1. The second-order valence-corrected chi connectivity index (χ2v) is 6.75. The summed E-state index contributed by atoms with van der Waals surface area (Å²) >= 11 is 0. The molecular weight excluding hydrogens is 260 g/mol. The smallest absolute Gasteiger partial charge is 0.237 e. The third-order valence-corrected chi connectivity index (χ3v) is 5.08. The SMILES string of the molecule is Cc1cccc([C@H](C)NC(=O)C2CC3CCCCC3N2)c1. The van der Waals surface area contributed by atoms with Crippen molar-refractivity contribution in [3.63, 3.8) is 0 Å². The van der Waals surface area contributed by atoms with Gasteiger partial charge in [0, 0.05) is 6.04 Å². The largest absolute Gasteiger partial charge is 0.348 e. The Labute approximate surface area is 127 Å². The lowest BCUT2D eigenvalue weighted by Gasteiger charge is -2.24. The summed E-state index contributed by atoms with van der Waals surface area (Å²) in [6.07, 6.45) is 6.17. The molecule has 1 aromatic rings. The van der Waals surface area contributed by atoms with Crippen LogP contribution in [0.1, 0.15) is 56.2 Å². The lowest BCUT2D eigenvalue weighted by atomic mass is 9.85. The molecule has 2 fully saturated rings. The van der Waals surface area contributed by atoms with Crippen LogP contribution in [0, 0.1) is 12.8 Å². The van der Waals surface area contributed by atoms with Crippen LogP contribution in [0.2, 0.25) is 0 Å². The molecule has 0 aromatic heterocycles. The minimum absolute atomic E-state index is 0.00496. The van der Waals surface area contributed by atoms with Gasteiger partial charge in [0.05, 0.1) is 12.1 Å². The average molecular weight is 286 g/mol. The van der Waals surface area contributed by atoms with E-state index in [1.807, 2.05) is 0 Å².